The Morgan fingerprint density at radius 3 is 2.56 bits per heavy atom. The maximum absolute atomic E-state index is 15.1. The molecule has 182 valence electrons. The molecule has 2 N–H and O–H groups in total. The highest BCUT2D eigenvalue weighted by Crippen LogP contribution is 2.52. The summed E-state index contributed by atoms with van der Waals surface area (Å²) in [5.41, 5.74) is -0.353. The van der Waals surface area contributed by atoms with Crippen LogP contribution >= 0.6 is 0 Å². The number of aromatic hydroxyl groups is 1. The number of alkyl halides is 1. The van der Waals surface area contributed by atoms with Gasteiger partial charge in [0.25, 0.3) is 0 Å². The van der Waals surface area contributed by atoms with E-state index in [1.165, 1.54) is 13.0 Å². The maximum Gasteiger partial charge on any atom is 0.341 e. The average Bonchev–Trinajstić information content (AvgIpc) is 3.16. The normalized spacial score (nSPS) is 21.3. The molecule has 0 saturated heterocycles. The number of fused-ring (bicyclic) bond motifs is 3. The van der Waals surface area contributed by atoms with Crippen LogP contribution in [0.1, 0.15) is 63.8 Å². The van der Waals surface area contributed by atoms with E-state index in [4.69, 9.17) is 4.74 Å². The second-order valence-electron chi connectivity index (χ2n) is 10.2. The first kappa shape index (κ1) is 24.2. The van der Waals surface area contributed by atoms with Crippen molar-refractivity contribution in [3.8, 4) is 11.4 Å². The standard InChI is InChI=1S/C27H31F2NO4/c1-6-27(29,24(32)33)13-12-26(5)22-21-19(8-7-9-20(21)31)30(23(22)25(3,4)15-34-26)17-10-11-18(28)16(2)14-17/h7-11,14,31H,6,12-13,15H2,1-5H3,(H,32,33)/t26-,27?/m1/s1. The lowest BCUT2D eigenvalue weighted by Crippen LogP contribution is -2.44. The van der Waals surface area contributed by atoms with Gasteiger partial charge in [-0.3, -0.25) is 0 Å². The smallest absolute Gasteiger partial charge is 0.341 e. The number of hydrogen-bond acceptors (Lipinski definition) is 3. The van der Waals surface area contributed by atoms with Crippen molar-refractivity contribution in [1.29, 1.82) is 0 Å². The van der Waals surface area contributed by atoms with E-state index in [2.05, 4.69) is 0 Å². The molecule has 1 aliphatic heterocycles. The lowest BCUT2D eigenvalue weighted by Gasteiger charge is -2.43. The highest BCUT2D eigenvalue weighted by molar-refractivity contribution is 5.94. The van der Waals surface area contributed by atoms with Crippen LogP contribution in [0.4, 0.5) is 8.78 Å². The van der Waals surface area contributed by atoms with Crippen LogP contribution in [-0.2, 0) is 20.5 Å². The number of carboxylic acids is 1. The van der Waals surface area contributed by atoms with Crippen molar-refractivity contribution >= 4 is 16.9 Å². The summed E-state index contributed by atoms with van der Waals surface area (Å²) in [6, 6.07) is 10.1. The Labute approximate surface area is 198 Å². The molecule has 4 rings (SSSR count). The summed E-state index contributed by atoms with van der Waals surface area (Å²) in [7, 11) is 0. The van der Waals surface area contributed by atoms with Crippen LogP contribution in [0.3, 0.4) is 0 Å². The fourth-order valence-corrected chi connectivity index (χ4v) is 5.06. The Balaban J connectivity index is 2.01. The Morgan fingerprint density at radius 2 is 1.94 bits per heavy atom. The molecule has 5 nitrogen and oxygen atoms in total. The number of phenols is 1. The minimum absolute atomic E-state index is 0.0547. The van der Waals surface area contributed by atoms with E-state index in [9.17, 15) is 19.4 Å². The number of rotatable bonds is 6. The van der Waals surface area contributed by atoms with Gasteiger partial charge in [-0.05, 0) is 69.0 Å². The fourth-order valence-electron chi connectivity index (χ4n) is 5.06. The van der Waals surface area contributed by atoms with Crippen LogP contribution in [0.2, 0.25) is 0 Å². The monoisotopic (exact) mass is 471 g/mol. The van der Waals surface area contributed by atoms with Gasteiger partial charge in [0.05, 0.1) is 17.7 Å². The summed E-state index contributed by atoms with van der Waals surface area (Å²) in [6.45, 7) is 9.40. The molecule has 0 amide bonds. The topological polar surface area (TPSA) is 71.7 Å². The van der Waals surface area contributed by atoms with Crippen molar-refractivity contribution in [2.75, 3.05) is 6.61 Å². The molecule has 2 heterocycles. The Kier molecular flexibility index (Phi) is 5.75. The largest absolute Gasteiger partial charge is 0.507 e. The van der Waals surface area contributed by atoms with Crippen molar-refractivity contribution in [3.05, 3.63) is 59.0 Å². The fraction of sp³-hybridized carbons (Fsp3) is 0.444. The third-order valence-corrected chi connectivity index (χ3v) is 7.24. The van der Waals surface area contributed by atoms with E-state index in [0.717, 1.165) is 16.9 Å². The van der Waals surface area contributed by atoms with Crippen LogP contribution < -0.4 is 0 Å². The number of carbonyl (C=O) groups is 1. The molecule has 2 atom stereocenters. The van der Waals surface area contributed by atoms with Gasteiger partial charge in [-0.15, -0.1) is 0 Å². The van der Waals surface area contributed by atoms with Gasteiger partial charge in [0.2, 0.25) is 5.67 Å². The summed E-state index contributed by atoms with van der Waals surface area (Å²) < 4.78 is 37.5. The Hall–Kier alpha value is -2.93. The molecule has 1 aromatic heterocycles. The molecular weight excluding hydrogens is 440 g/mol. The number of benzene rings is 2. The third-order valence-electron chi connectivity index (χ3n) is 7.24. The molecule has 2 aromatic carbocycles. The minimum Gasteiger partial charge on any atom is -0.507 e. The van der Waals surface area contributed by atoms with Gasteiger partial charge < -0.3 is 19.5 Å². The molecule has 1 unspecified atom stereocenters. The van der Waals surface area contributed by atoms with Gasteiger partial charge in [-0.25, -0.2) is 13.6 Å². The van der Waals surface area contributed by atoms with Crippen LogP contribution in [-0.4, -0.2) is 33.0 Å². The second kappa shape index (κ2) is 8.08. The predicted octanol–water partition coefficient (Wildman–Crippen LogP) is 6.29. The van der Waals surface area contributed by atoms with Gasteiger partial charge >= 0.3 is 5.97 Å². The number of nitrogens with zero attached hydrogens (tertiary/aromatic N) is 1. The van der Waals surface area contributed by atoms with Gasteiger partial charge in [0.1, 0.15) is 11.6 Å². The van der Waals surface area contributed by atoms with Gasteiger partial charge in [-0.2, -0.15) is 0 Å². The number of ether oxygens (including phenoxy) is 1. The molecule has 7 heteroatoms. The second-order valence-corrected chi connectivity index (χ2v) is 10.2. The zero-order valence-electron chi connectivity index (χ0n) is 20.2. The van der Waals surface area contributed by atoms with Crippen molar-refractivity contribution < 1.29 is 28.5 Å². The van der Waals surface area contributed by atoms with Gasteiger partial charge in [-0.1, -0.05) is 26.8 Å². The molecule has 3 aromatic rings. The van der Waals surface area contributed by atoms with Gasteiger partial charge in [0.15, 0.2) is 0 Å². The minimum atomic E-state index is -2.37. The first-order chi connectivity index (χ1) is 15.8. The zero-order chi connectivity index (χ0) is 25.1. The van der Waals surface area contributed by atoms with E-state index >= 15 is 4.39 Å². The summed E-state index contributed by atoms with van der Waals surface area (Å²) >= 11 is 0. The first-order valence-corrected chi connectivity index (χ1v) is 11.5. The van der Waals surface area contributed by atoms with E-state index in [1.807, 2.05) is 31.4 Å². The summed E-state index contributed by atoms with van der Waals surface area (Å²) in [4.78, 5) is 11.6. The van der Waals surface area contributed by atoms with Crippen molar-refractivity contribution in [2.45, 2.75) is 70.6 Å². The van der Waals surface area contributed by atoms with Crippen LogP contribution in [0.15, 0.2) is 36.4 Å². The third kappa shape index (κ3) is 3.66. The molecule has 0 radical (unpaired) electrons. The number of aromatic nitrogens is 1. The lowest BCUT2D eigenvalue weighted by molar-refractivity contribution is -0.153. The highest BCUT2D eigenvalue weighted by atomic mass is 19.1. The SMILES string of the molecule is CCC(F)(CC[C@@]1(C)OCC(C)(C)c2c1c1c(O)cccc1n2-c1ccc(F)c(C)c1)C(=O)O. The quantitative estimate of drug-likeness (QED) is 0.443. The summed E-state index contributed by atoms with van der Waals surface area (Å²) in [5.74, 6) is -1.74. The van der Waals surface area contributed by atoms with Crippen LogP contribution in [0.5, 0.6) is 5.75 Å². The molecule has 34 heavy (non-hydrogen) atoms. The van der Waals surface area contributed by atoms with E-state index in [-0.39, 0.29) is 30.8 Å². The van der Waals surface area contributed by atoms with Gasteiger partial charge in [0, 0.05) is 27.7 Å². The number of hydrogen-bond donors (Lipinski definition) is 2. The molecule has 1 aliphatic rings. The van der Waals surface area contributed by atoms with Crippen LogP contribution in [0, 0.1) is 12.7 Å². The van der Waals surface area contributed by atoms with Crippen molar-refractivity contribution in [1.82, 2.24) is 4.57 Å². The van der Waals surface area contributed by atoms with E-state index < -0.39 is 22.7 Å². The number of aliphatic carboxylic acids is 1. The molecule has 0 spiro atoms. The first-order valence-electron chi connectivity index (χ1n) is 11.5. The van der Waals surface area contributed by atoms with E-state index in [1.54, 1.807) is 31.2 Å². The predicted molar refractivity (Wildman–Crippen MR) is 127 cm³/mol. The van der Waals surface area contributed by atoms with Crippen molar-refractivity contribution in [3.63, 3.8) is 0 Å². The van der Waals surface area contributed by atoms with E-state index in [0.29, 0.717) is 23.1 Å². The number of phenolic OH excluding ortho intramolecular Hbond substituents is 1. The number of halogens is 2. The lowest BCUT2D eigenvalue weighted by atomic mass is 9.75. The number of aryl methyl sites for hydroxylation is 1. The zero-order valence-corrected chi connectivity index (χ0v) is 20.2. The molecule has 0 saturated carbocycles. The highest BCUT2D eigenvalue weighted by Gasteiger charge is 2.48. The molecule has 0 aliphatic carbocycles. The van der Waals surface area contributed by atoms with Crippen molar-refractivity contribution in [2.24, 2.45) is 0 Å². The molecule has 0 bridgehead atoms. The Morgan fingerprint density at radius 1 is 1.24 bits per heavy atom. The maximum atomic E-state index is 15.1. The average molecular weight is 472 g/mol. The van der Waals surface area contributed by atoms with Crippen LogP contribution in [0.25, 0.3) is 16.6 Å². The Bertz CT molecular complexity index is 1280. The molecule has 0 fully saturated rings. The molecular formula is C27H31F2NO4. The summed E-state index contributed by atoms with van der Waals surface area (Å²) in [5, 5.41) is 21.0. The number of carboxylic acid groups (broad SMARTS) is 1. The summed E-state index contributed by atoms with van der Waals surface area (Å²) in [6.07, 6.45) is -0.271.